The highest BCUT2D eigenvalue weighted by Gasteiger charge is 2.27. The zero-order valence-electron chi connectivity index (χ0n) is 12.7. The maximum Gasteiger partial charge on any atom is 0.408 e. The van der Waals surface area contributed by atoms with Crippen molar-refractivity contribution in [2.75, 3.05) is 7.11 Å². The first-order valence-corrected chi connectivity index (χ1v) is 6.53. The van der Waals surface area contributed by atoms with Gasteiger partial charge in [-0.1, -0.05) is 24.3 Å². The Labute approximate surface area is 124 Å². The van der Waals surface area contributed by atoms with Crippen LogP contribution < -0.4 is 5.32 Å². The van der Waals surface area contributed by atoms with Gasteiger partial charge in [-0.05, 0) is 31.9 Å². The third kappa shape index (κ3) is 5.43. The highest BCUT2D eigenvalue weighted by Crippen LogP contribution is 2.20. The molecule has 0 fully saturated rings. The highest BCUT2D eigenvalue weighted by atomic mass is 16.6. The smallest absolute Gasteiger partial charge is 0.408 e. The molecule has 0 aliphatic heterocycles. The van der Waals surface area contributed by atoms with Crippen LogP contribution in [0.15, 0.2) is 24.3 Å². The molecule has 0 bridgehead atoms. The maximum atomic E-state index is 11.8. The fourth-order valence-electron chi connectivity index (χ4n) is 1.80. The Morgan fingerprint density at radius 2 is 1.90 bits per heavy atom. The Bertz CT molecular complexity index is 507. The van der Waals surface area contributed by atoms with Crippen molar-refractivity contribution in [3.05, 3.63) is 35.4 Å². The summed E-state index contributed by atoms with van der Waals surface area (Å²) in [6, 6.07) is 5.70. The summed E-state index contributed by atoms with van der Waals surface area (Å²) in [5, 5.41) is 11.7. The summed E-state index contributed by atoms with van der Waals surface area (Å²) in [7, 11) is 1.52. The molecule has 0 radical (unpaired) electrons. The normalized spacial score (nSPS) is 12.6. The summed E-state index contributed by atoms with van der Waals surface area (Å²) in [5.74, 6) is -1.16. The summed E-state index contributed by atoms with van der Waals surface area (Å²) in [6.07, 6.45) is -0.776. The van der Waals surface area contributed by atoms with Crippen molar-refractivity contribution < 1.29 is 24.2 Å². The van der Waals surface area contributed by atoms with E-state index in [2.05, 4.69) is 5.32 Å². The summed E-state index contributed by atoms with van der Waals surface area (Å²) >= 11 is 0. The van der Waals surface area contributed by atoms with E-state index in [-0.39, 0.29) is 6.61 Å². The number of ether oxygens (including phenoxy) is 2. The number of rotatable bonds is 5. The van der Waals surface area contributed by atoms with Crippen LogP contribution in [0.1, 0.15) is 37.9 Å². The van der Waals surface area contributed by atoms with Gasteiger partial charge >= 0.3 is 12.1 Å². The maximum absolute atomic E-state index is 11.8. The van der Waals surface area contributed by atoms with Crippen molar-refractivity contribution in [3.8, 4) is 0 Å². The van der Waals surface area contributed by atoms with E-state index in [4.69, 9.17) is 9.47 Å². The molecule has 0 spiro atoms. The number of carboxylic acids is 1. The molecular formula is C15H21NO5. The number of hydrogen-bond acceptors (Lipinski definition) is 4. The predicted molar refractivity (Wildman–Crippen MR) is 76.9 cm³/mol. The van der Waals surface area contributed by atoms with E-state index in [1.54, 1.807) is 45.0 Å². The number of benzene rings is 1. The van der Waals surface area contributed by atoms with E-state index in [1.807, 2.05) is 0 Å². The van der Waals surface area contributed by atoms with E-state index in [9.17, 15) is 14.7 Å². The molecule has 1 rings (SSSR count). The fraction of sp³-hybridized carbons (Fsp3) is 0.467. The Morgan fingerprint density at radius 1 is 1.29 bits per heavy atom. The Morgan fingerprint density at radius 3 is 2.43 bits per heavy atom. The van der Waals surface area contributed by atoms with Gasteiger partial charge in [-0.15, -0.1) is 0 Å². The summed E-state index contributed by atoms with van der Waals surface area (Å²) < 4.78 is 10.1. The van der Waals surface area contributed by atoms with Crippen molar-refractivity contribution in [2.45, 2.75) is 39.0 Å². The van der Waals surface area contributed by atoms with Crippen LogP contribution in [0.5, 0.6) is 0 Å². The van der Waals surface area contributed by atoms with Gasteiger partial charge in [-0.25, -0.2) is 9.59 Å². The first kappa shape index (κ1) is 17.0. The van der Waals surface area contributed by atoms with Crippen molar-refractivity contribution in [3.63, 3.8) is 0 Å². The van der Waals surface area contributed by atoms with E-state index in [1.165, 1.54) is 7.11 Å². The van der Waals surface area contributed by atoms with Crippen LogP contribution in [-0.2, 0) is 20.9 Å². The van der Waals surface area contributed by atoms with Crippen molar-refractivity contribution in [1.29, 1.82) is 0 Å². The van der Waals surface area contributed by atoms with Crippen molar-refractivity contribution in [2.24, 2.45) is 0 Å². The van der Waals surface area contributed by atoms with Crippen LogP contribution in [0.4, 0.5) is 4.79 Å². The molecule has 0 heterocycles. The fourth-order valence-corrected chi connectivity index (χ4v) is 1.80. The van der Waals surface area contributed by atoms with Crippen molar-refractivity contribution in [1.82, 2.24) is 5.32 Å². The molecule has 116 valence electrons. The van der Waals surface area contributed by atoms with E-state index < -0.39 is 23.7 Å². The van der Waals surface area contributed by atoms with Gasteiger partial charge in [-0.3, -0.25) is 0 Å². The minimum absolute atomic E-state index is 0.260. The standard InChI is InChI=1S/C15H21NO5/c1-15(2,3)21-14(19)16-12(13(17)18)11-8-6-5-7-10(11)9-20-4/h5-8,12H,9H2,1-4H3,(H,16,19)(H,17,18). The molecular weight excluding hydrogens is 274 g/mol. The minimum Gasteiger partial charge on any atom is -0.479 e. The molecule has 21 heavy (non-hydrogen) atoms. The zero-order chi connectivity index (χ0) is 16.0. The van der Waals surface area contributed by atoms with E-state index in [0.29, 0.717) is 11.1 Å². The van der Waals surface area contributed by atoms with Gasteiger partial charge < -0.3 is 19.9 Å². The second-order valence-corrected chi connectivity index (χ2v) is 5.55. The van der Waals surface area contributed by atoms with Crippen LogP contribution in [-0.4, -0.2) is 29.9 Å². The number of amides is 1. The Hall–Kier alpha value is -2.08. The number of carbonyl (C=O) groups excluding carboxylic acids is 1. The van der Waals surface area contributed by atoms with Crippen LogP contribution in [0.3, 0.4) is 0 Å². The summed E-state index contributed by atoms with van der Waals surface area (Å²) in [6.45, 7) is 5.39. The zero-order valence-corrected chi connectivity index (χ0v) is 12.7. The number of carboxylic acid groups (broad SMARTS) is 1. The molecule has 0 aromatic heterocycles. The van der Waals surface area contributed by atoms with Gasteiger partial charge in [0, 0.05) is 7.11 Å². The molecule has 0 saturated carbocycles. The topological polar surface area (TPSA) is 84.9 Å². The van der Waals surface area contributed by atoms with Crippen LogP contribution in [0, 0.1) is 0 Å². The first-order chi connectivity index (χ1) is 9.74. The monoisotopic (exact) mass is 295 g/mol. The Balaban J connectivity index is 2.98. The first-order valence-electron chi connectivity index (χ1n) is 6.53. The molecule has 1 amide bonds. The lowest BCUT2D eigenvalue weighted by molar-refractivity contribution is -0.139. The number of nitrogens with one attached hydrogen (secondary N) is 1. The molecule has 1 atom stereocenters. The van der Waals surface area contributed by atoms with Gasteiger partial charge in [0.1, 0.15) is 5.60 Å². The molecule has 1 aromatic carbocycles. The van der Waals surface area contributed by atoms with Gasteiger partial charge in [0.15, 0.2) is 6.04 Å². The van der Waals surface area contributed by atoms with Gasteiger partial charge in [-0.2, -0.15) is 0 Å². The summed E-state index contributed by atoms with van der Waals surface area (Å²) in [5.41, 5.74) is 0.472. The lowest BCUT2D eigenvalue weighted by Gasteiger charge is -2.23. The number of carbonyl (C=O) groups is 2. The van der Waals surface area contributed by atoms with Crippen LogP contribution in [0.2, 0.25) is 0 Å². The largest absolute Gasteiger partial charge is 0.479 e. The van der Waals surface area contributed by atoms with Gasteiger partial charge in [0.2, 0.25) is 0 Å². The average Bonchev–Trinajstić information content (AvgIpc) is 2.35. The number of alkyl carbamates (subject to hydrolysis) is 1. The van der Waals surface area contributed by atoms with E-state index >= 15 is 0 Å². The second kappa shape index (κ2) is 7.08. The number of hydrogen-bond donors (Lipinski definition) is 2. The third-order valence-electron chi connectivity index (χ3n) is 2.57. The molecule has 1 unspecified atom stereocenters. The molecule has 6 heteroatoms. The van der Waals surface area contributed by atoms with Gasteiger partial charge in [0.05, 0.1) is 6.61 Å². The van der Waals surface area contributed by atoms with Crippen LogP contribution in [0.25, 0.3) is 0 Å². The van der Waals surface area contributed by atoms with Crippen molar-refractivity contribution >= 4 is 12.1 Å². The lowest BCUT2D eigenvalue weighted by atomic mass is 10.0. The molecule has 1 aromatic rings. The molecule has 0 saturated heterocycles. The third-order valence-corrected chi connectivity index (χ3v) is 2.57. The minimum atomic E-state index is -1.19. The molecule has 6 nitrogen and oxygen atoms in total. The highest BCUT2D eigenvalue weighted by molar-refractivity contribution is 5.81. The van der Waals surface area contributed by atoms with Gasteiger partial charge in [0.25, 0.3) is 0 Å². The Kier molecular flexibility index (Phi) is 5.72. The lowest BCUT2D eigenvalue weighted by Crippen LogP contribution is -2.38. The second-order valence-electron chi connectivity index (χ2n) is 5.55. The number of aliphatic carboxylic acids is 1. The van der Waals surface area contributed by atoms with Crippen LogP contribution >= 0.6 is 0 Å². The molecule has 0 aliphatic carbocycles. The quantitative estimate of drug-likeness (QED) is 0.871. The molecule has 0 aliphatic rings. The number of methoxy groups -OCH3 is 1. The SMILES string of the molecule is COCc1ccccc1C(NC(=O)OC(C)(C)C)C(=O)O. The summed E-state index contributed by atoms with van der Waals surface area (Å²) in [4.78, 5) is 23.2. The predicted octanol–water partition coefficient (Wildman–Crippen LogP) is 2.48. The molecule has 2 N–H and O–H groups in total. The van der Waals surface area contributed by atoms with E-state index in [0.717, 1.165) is 0 Å². The average molecular weight is 295 g/mol.